The fraction of sp³-hybridized carbons (Fsp3) is 0.455. The summed E-state index contributed by atoms with van der Waals surface area (Å²) >= 11 is 0. The molecule has 0 fully saturated rings. The first-order chi connectivity index (χ1) is 6.27. The lowest BCUT2D eigenvalue weighted by Crippen LogP contribution is -2.02. The molecule has 0 heterocycles. The second-order valence-corrected chi connectivity index (χ2v) is 3.25. The summed E-state index contributed by atoms with van der Waals surface area (Å²) in [5.74, 6) is 0.410. The van der Waals surface area contributed by atoms with Crippen LogP contribution in [0.1, 0.15) is 24.5 Å². The summed E-state index contributed by atoms with van der Waals surface area (Å²) in [5.41, 5.74) is 7.57. The SMILES string of the molecule is CCCc1ccc(CCN)cc1O. The summed E-state index contributed by atoms with van der Waals surface area (Å²) < 4.78 is 0. The van der Waals surface area contributed by atoms with Crippen LogP contribution in [0.4, 0.5) is 0 Å². The minimum absolute atomic E-state index is 0.410. The molecule has 0 amide bonds. The highest BCUT2D eigenvalue weighted by atomic mass is 16.3. The van der Waals surface area contributed by atoms with Gasteiger partial charge in [0.2, 0.25) is 0 Å². The number of rotatable bonds is 4. The van der Waals surface area contributed by atoms with Crippen molar-refractivity contribution in [3.63, 3.8) is 0 Å². The minimum atomic E-state index is 0.410. The van der Waals surface area contributed by atoms with Crippen molar-refractivity contribution in [3.8, 4) is 5.75 Å². The van der Waals surface area contributed by atoms with Gasteiger partial charge in [0.25, 0.3) is 0 Å². The highest BCUT2D eigenvalue weighted by molar-refractivity contribution is 5.36. The van der Waals surface area contributed by atoms with Crippen molar-refractivity contribution in [1.82, 2.24) is 0 Å². The van der Waals surface area contributed by atoms with Crippen LogP contribution in [0.2, 0.25) is 0 Å². The highest BCUT2D eigenvalue weighted by Gasteiger charge is 2.00. The molecule has 0 radical (unpaired) electrons. The van der Waals surface area contributed by atoms with Crippen molar-refractivity contribution in [2.24, 2.45) is 5.73 Å². The second-order valence-electron chi connectivity index (χ2n) is 3.25. The monoisotopic (exact) mass is 179 g/mol. The van der Waals surface area contributed by atoms with Gasteiger partial charge in [-0.2, -0.15) is 0 Å². The van der Waals surface area contributed by atoms with E-state index in [0.717, 1.165) is 30.4 Å². The average molecular weight is 179 g/mol. The van der Waals surface area contributed by atoms with Gasteiger partial charge < -0.3 is 10.8 Å². The third-order valence-electron chi connectivity index (χ3n) is 2.10. The van der Waals surface area contributed by atoms with Crippen LogP contribution in [0.5, 0.6) is 5.75 Å². The maximum absolute atomic E-state index is 9.61. The van der Waals surface area contributed by atoms with E-state index < -0.39 is 0 Å². The molecule has 0 saturated heterocycles. The van der Waals surface area contributed by atoms with E-state index >= 15 is 0 Å². The predicted octanol–water partition coefficient (Wildman–Crippen LogP) is 1.85. The van der Waals surface area contributed by atoms with E-state index in [0.29, 0.717) is 12.3 Å². The lowest BCUT2D eigenvalue weighted by atomic mass is 10.0. The molecule has 0 saturated carbocycles. The zero-order valence-electron chi connectivity index (χ0n) is 8.09. The van der Waals surface area contributed by atoms with Crippen LogP contribution in [-0.4, -0.2) is 11.7 Å². The Morgan fingerprint density at radius 2 is 2.08 bits per heavy atom. The Hall–Kier alpha value is -1.02. The fourth-order valence-electron chi connectivity index (χ4n) is 1.41. The predicted molar refractivity (Wildman–Crippen MR) is 54.9 cm³/mol. The molecule has 0 aliphatic rings. The molecule has 13 heavy (non-hydrogen) atoms. The van der Waals surface area contributed by atoms with Gasteiger partial charge in [0.1, 0.15) is 5.75 Å². The van der Waals surface area contributed by atoms with Gasteiger partial charge in [-0.05, 0) is 36.6 Å². The van der Waals surface area contributed by atoms with Gasteiger partial charge >= 0.3 is 0 Å². The Balaban J connectivity index is 2.79. The zero-order chi connectivity index (χ0) is 9.68. The molecule has 2 heteroatoms. The van der Waals surface area contributed by atoms with Gasteiger partial charge in [-0.25, -0.2) is 0 Å². The summed E-state index contributed by atoms with van der Waals surface area (Å²) in [6, 6.07) is 5.85. The van der Waals surface area contributed by atoms with Gasteiger partial charge in [-0.15, -0.1) is 0 Å². The highest BCUT2D eigenvalue weighted by Crippen LogP contribution is 2.20. The smallest absolute Gasteiger partial charge is 0.119 e. The molecule has 72 valence electrons. The van der Waals surface area contributed by atoms with Crippen LogP contribution in [0.25, 0.3) is 0 Å². The van der Waals surface area contributed by atoms with Crippen LogP contribution in [0.15, 0.2) is 18.2 Å². The van der Waals surface area contributed by atoms with Gasteiger partial charge in [0.15, 0.2) is 0 Å². The molecule has 0 unspecified atom stereocenters. The van der Waals surface area contributed by atoms with Gasteiger partial charge in [-0.1, -0.05) is 25.5 Å². The molecule has 0 atom stereocenters. The van der Waals surface area contributed by atoms with Crippen LogP contribution < -0.4 is 5.73 Å². The molecule has 0 aliphatic heterocycles. The molecular formula is C11H17NO. The third-order valence-corrected chi connectivity index (χ3v) is 2.10. The molecule has 0 aliphatic carbocycles. The number of hydrogen-bond donors (Lipinski definition) is 2. The third kappa shape index (κ3) is 2.74. The molecule has 0 bridgehead atoms. The Kier molecular flexibility index (Phi) is 3.77. The summed E-state index contributed by atoms with van der Waals surface area (Å²) in [7, 11) is 0. The van der Waals surface area contributed by atoms with Crippen LogP contribution in [-0.2, 0) is 12.8 Å². The number of phenols is 1. The number of aromatic hydroxyl groups is 1. The zero-order valence-corrected chi connectivity index (χ0v) is 8.09. The Morgan fingerprint density at radius 3 is 2.62 bits per heavy atom. The Labute approximate surface area is 79.4 Å². The van der Waals surface area contributed by atoms with Crippen molar-refractivity contribution in [1.29, 1.82) is 0 Å². The number of hydrogen-bond acceptors (Lipinski definition) is 2. The lowest BCUT2D eigenvalue weighted by Gasteiger charge is -2.05. The van der Waals surface area contributed by atoms with Crippen molar-refractivity contribution < 1.29 is 5.11 Å². The summed E-state index contributed by atoms with van der Waals surface area (Å²) in [4.78, 5) is 0. The Bertz CT molecular complexity index is 271. The first kappa shape index (κ1) is 10.1. The standard InChI is InChI=1S/C11H17NO/c1-2-3-10-5-4-9(6-7-12)8-11(10)13/h4-5,8,13H,2-3,6-7,12H2,1H3. The molecule has 2 nitrogen and oxygen atoms in total. The van der Waals surface area contributed by atoms with Gasteiger partial charge in [-0.3, -0.25) is 0 Å². The average Bonchev–Trinajstić information content (AvgIpc) is 2.10. The topological polar surface area (TPSA) is 46.2 Å². The van der Waals surface area contributed by atoms with Crippen molar-refractivity contribution in [2.45, 2.75) is 26.2 Å². The largest absolute Gasteiger partial charge is 0.508 e. The maximum atomic E-state index is 9.61. The molecule has 0 spiro atoms. The van der Waals surface area contributed by atoms with E-state index in [1.807, 2.05) is 18.2 Å². The van der Waals surface area contributed by atoms with Crippen LogP contribution >= 0.6 is 0 Å². The quantitative estimate of drug-likeness (QED) is 0.741. The first-order valence-electron chi connectivity index (χ1n) is 4.78. The number of phenolic OH excluding ortho intramolecular Hbond substituents is 1. The normalized spacial score (nSPS) is 10.3. The van der Waals surface area contributed by atoms with E-state index in [2.05, 4.69) is 6.92 Å². The summed E-state index contributed by atoms with van der Waals surface area (Å²) in [5, 5.41) is 9.61. The van der Waals surface area contributed by atoms with E-state index in [-0.39, 0.29) is 0 Å². The number of aryl methyl sites for hydroxylation is 1. The van der Waals surface area contributed by atoms with E-state index in [4.69, 9.17) is 5.73 Å². The first-order valence-corrected chi connectivity index (χ1v) is 4.78. The van der Waals surface area contributed by atoms with Crippen molar-refractivity contribution in [2.75, 3.05) is 6.54 Å². The van der Waals surface area contributed by atoms with E-state index in [1.54, 1.807) is 0 Å². The molecule has 0 aromatic heterocycles. The minimum Gasteiger partial charge on any atom is -0.508 e. The van der Waals surface area contributed by atoms with E-state index in [9.17, 15) is 5.11 Å². The molecule has 1 aromatic rings. The maximum Gasteiger partial charge on any atom is 0.119 e. The summed E-state index contributed by atoms with van der Waals surface area (Å²) in [6.07, 6.45) is 2.83. The second kappa shape index (κ2) is 4.87. The fourth-order valence-corrected chi connectivity index (χ4v) is 1.41. The summed E-state index contributed by atoms with van der Waals surface area (Å²) in [6.45, 7) is 2.74. The number of nitrogens with two attached hydrogens (primary N) is 1. The molecule has 1 rings (SSSR count). The van der Waals surface area contributed by atoms with Crippen LogP contribution in [0, 0.1) is 0 Å². The van der Waals surface area contributed by atoms with Gasteiger partial charge in [0, 0.05) is 0 Å². The van der Waals surface area contributed by atoms with Crippen LogP contribution in [0.3, 0.4) is 0 Å². The Morgan fingerprint density at radius 1 is 1.31 bits per heavy atom. The lowest BCUT2D eigenvalue weighted by molar-refractivity contribution is 0.467. The van der Waals surface area contributed by atoms with Gasteiger partial charge in [0.05, 0.1) is 0 Å². The number of benzene rings is 1. The van der Waals surface area contributed by atoms with E-state index in [1.165, 1.54) is 0 Å². The molecular weight excluding hydrogens is 162 g/mol. The molecule has 3 N–H and O–H groups in total. The molecule has 1 aromatic carbocycles. The van der Waals surface area contributed by atoms with Crippen molar-refractivity contribution >= 4 is 0 Å². The van der Waals surface area contributed by atoms with Crippen molar-refractivity contribution in [3.05, 3.63) is 29.3 Å².